The van der Waals surface area contributed by atoms with Gasteiger partial charge < -0.3 is 15.2 Å². The van der Waals surface area contributed by atoms with Gasteiger partial charge in [-0.1, -0.05) is 67.4 Å². The Hall–Kier alpha value is -3.22. The summed E-state index contributed by atoms with van der Waals surface area (Å²) in [6, 6.07) is 16.9. The molecule has 3 rings (SSSR count). The number of aryl methyl sites for hydroxylation is 1. The lowest BCUT2D eigenvalue weighted by Gasteiger charge is -2.09. The molecule has 0 saturated carbocycles. The molecular weight excluding hydrogens is 450 g/mol. The molecule has 0 spiro atoms. The highest BCUT2D eigenvalue weighted by Crippen LogP contribution is 2.15. The van der Waals surface area contributed by atoms with Crippen molar-refractivity contribution in [2.45, 2.75) is 60.1 Å². The fourth-order valence-corrected chi connectivity index (χ4v) is 3.76. The van der Waals surface area contributed by atoms with Crippen molar-refractivity contribution in [1.82, 2.24) is 9.78 Å². The van der Waals surface area contributed by atoms with E-state index >= 15 is 0 Å². The summed E-state index contributed by atoms with van der Waals surface area (Å²) in [7, 11) is 3.32. The summed E-state index contributed by atoms with van der Waals surface area (Å²) in [6.07, 6.45) is 4.86. The Morgan fingerprint density at radius 1 is 0.889 bits per heavy atom. The molecule has 0 aliphatic carbocycles. The zero-order valence-corrected chi connectivity index (χ0v) is 22.6. The van der Waals surface area contributed by atoms with E-state index in [1.54, 1.807) is 27.3 Å². The second-order valence-electron chi connectivity index (χ2n) is 9.07. The molecule has 0 unspecified atom stereocenters. The molecule has 0 aliphatic rings. The molecule has 0 fully saturated rings. The summed E-state index contributed by atoms with van der Waals surface area (Å²) < 4.78 is 12.1. The highest BCUT2D eigenvalue weighted by Gasteiger charge is 2.14. The van der Waals surface area contributed by atoms with Crippen LogP contribution in [-0.4, -0.2) is 36.4 Å². The number of Topliss-reactive ketones (excluding diaryl/α,β-unsaturated/α-hetero) is 1. The first kappa shape index (κ1) is 29.0. The van der Waals surface area contributed by atoms with Crippen LogP contribution in [0, 0.1) is 0 Å². The van der Waals surface area contributed by atoms with E-state index in [9.17, 15) is 4.79 Å². The van der Waals surface area contributed by atoms with Crippen LogP contribution in [0.15, 0.2) is 60.3 Å². The molecule has 0 saturated heterocycles. The van der Waals surface area contributed by atoms with E-state index in [0.29, 0.717) is 18.7 Å². The third-order valence-electron chi connectivity index (χ3n) is 5.90. The van der Waals surface area contributed by atoms with Crippen molar-refractivity contribution < 1.29 is 14.3 Å². The van der Waals surface area contributed by atoms with Crippen molar-refractivity contribution >= 4 is 11.5 Å². The van der Waals surface area contributed by atoms with Gasteiger partial charge in [0.1, 0.15) is 0 Å². The first-order valence-corrected chi connectivity index (χ1v) is 12.4. The molecule has 2 aromatic carbocycles. The third-order valence-corrected chi connectivity index (χ3v) is 5.90. The number of carbonyl (C=O) groups is 1. The quantitative estimate of drug-likeness (QED) is 0.342. The van der Waals surface area contributed by atoms with Gasteiger partial charge in [0.25, 0.3) is 0 Å². The number of nitrogens with two attached hydrogens (primary N) is 1. The Kier molecular flexibility index (Phi) is 12.1. The Bertz CT molecular complexity index is 1110. The fraction of sp³-hybridized carbons (Fsp3) is 0.400. The van der Waals surface area contributed by atoms with Crippen molar-refractivity contribution in [2.75, 3.05) is 20.8 Å². The van der Waals surface area contributed by atoms with Crippen LogP contribution in [0.3, 0.4) is 0 Å². The number of methoxy groups -OCH3 is 2. The van der Waals surface area contributed by atoms with Crippen molar-refractivity contribution in [2.24, 2.45) is 5.73 Å². The van der Waals surface area contributed by atoms with E-state index in [4.69, 9.17) is 15.2 Å². The molecule has 3 aromatic rings. The maximum atomic E-state index is 11.6. The summed E-state index contributed by atoms with van der Waals surface area (Å²) in [4.78, 5) is 11.6. The molecule has 1 aromatic heterocycles. The van der Waals surface area contributed by atoms with Gasteiger partial charge in [0.15, 0.2) is 5.78 Å². The summed E-state index contributed by atoms with van der Waals surface area (Å²) in [6.45, 7) is 9.53. The summed E-state index contributed by atoms with van der Waals surface area (Å²) >= 11 is 0. The number of aromatic nitrogens is 2. The average molecular weight is 492 g/mol. The van der Waals surface area contributed by atoms with E-state index in [1.165, 1.54) is 23.1 Å². The Balaban J connectivity index is 0.000000281. The van der Waals surface area contributed by atoms with Gasteiger partial charge >= 0.3 is 0 Å². The Morgan fingerprint density at radius 2 is 1.47 bits per heavy atom. The van der Waals surface area contributed by atoms with Gasteiger partial charge in [0.05, 0.1) is 37.2 Å². The second kappa shape index (κ2) is 15.0. The lowest BCUT2D eigenvalue weighted by Crippen LogP contribution is -2.09. The van der Waals surface area contributed by atoms with E-state index < -0.39 is 0 Å². The number of rotatable bonds is 11. The van der Waals surface area contributed by atoms with Crippen LogP contribution in [0.25, 0.3) is 5.70 Å². The van der Waals surface area contributed by atoms with Crippen LogP contribution in [0.4, 0.5) is 0 Å². The van der Waals surface area contributed by atoms with Crippen LogP contribution in [0.2, 0.25) is 0 Å². The second-order valence-corrected chi connectivity index (χ2v) is 9.07. The zero-order chi connectivity index (χ0) is 26.5. The van der Waals surface area contributed by atoms with Crippen molar-refractivity contribution in [3.63, 3.8) is 0 Å². The van der Waals surface area contributed by atoms with Crippen LogP contribution < -0.4 is 5.73 Å². The Labute approximate surface area is 216 Å². The van der Waals surface area contributed by atoms with E-state index in [1.807, 2.05) is 18.5 Å². The number of nitrogens with zero attached hydrogens (tertiary/aromatic N) is 2. The standard InChI is InChI=1S/C17H22N2O3.C13H19N/c1-13(20)16-10-18-19(17(16)12-22-3)11-15-6-4-14(5-7-15)8-9-21-2;1-4-5-11-6-8-12(9-7-11)13(14)10(2)3/h4-7,10H,8-9,11-12H2,1-3H3;6-9H,4-5,14H2,1-3H3. The van der Waals surface area contributed by atoms with E-state index in [2.05, 4.69) is 60.6 Å². The summed E-state index contributed by atoms with van der Waals surface area (Å²) in [5, 5.41) is 4.32. The van der Waals surface area contributed by atoms with E-state index in [-0.39, 0.29) is 5.78 Å². The number of allylic oxidation sites excluding steroid dienone is 1. The summed E-state index contributed by atoms with van der Waals surface area (Å²) in [5.74, 6) is 0.00761. The number of hydrogen-bond acceptors (Lipinski definition) is 5. The van der Waals surface area contributed by atoms with Gasteiger partial charge in [-0.15, -0.1) is 0 Å². The highest BCUT2D eigenvalue weighted by molar-refractivity contribution is 5.94. The molecule has 0 bridgehead atoms. The lowest BCUT2D eigenvalue weighted by molar-refractivity contribution is 0.101. The SMILES string of the molecule is CCCc1ccc(C(N)=C(C)C)cc1.COCCc1ccc(Cn2ncc(C(C)=O)c2COC)cc1. The normalized spacial score (nSPS) is 10.5. The van der Waals surface area contributed by atoms with Gasteiger partial charge in [0, 0.05) is 19.9 Å². The molecular formula is C30H41N3O3. The fourth-order valence-electron chi connectivity index (χ4n) is 3.76. The molecule has 6 heteroatoms. The largest absolute Gasteiger partial charge is 0.398 e. The number of carbonyl (C=O) groups excluding carboxylic acids is 1. The minimum atomic E-state index is 0.00761. The van der Waals surface area contributed by atoms with Crippen LogP contribution in [0.5, 0.6) is 0 Å². The van der Waals surface area contributed by atoms with Gasteiger partial charge in [-0.2, -0.15) is 5.10 Å². The average Bonchev–Trinajstić information content (AvgIpc) is 3.27. The molecule has 36 heavy (non-hydrogen) atoms. The molecule has 1 heterocycles. The zero-order valence-electron chi connectivity index (χ0n) is 22.6. The third kappa shape index (κ3) is 8.77. The summed E-state index contributed by atoms with van der Waals surface area (Å²) in [5.41, 5.74) is 14.3. The number of benzene rings is 2. The lowest BCUT2D eigenvalue weighted by atomic mass is 10.0. The molecule has 2 N–H and O–H groups in total. The predicted octanol–water partition coefficient (Wildman–Crippen LogP) is 5.82. The van der Waals surface area contributed by atoms with Gasteiger partial charge in [-0.3, -0.25) is 9.48 Å². The Morgan fingerprint density at radius 3 is 2.00 bits per heavy atom. The van der Waals surface area contributed by atoms with E-state index in [0.717, 1.165) is 42.0 Å². The first-order chi connectivity index (χ1) is 17.3. The van der Waals surface area contributed by atoms with Gasteiger partial charge in [0.2, 0.25) is 0 Å². The first-order valence-electron chi connectivity index (χ1n) is 12.4. The van der Waals surface area contributed by atoms with Crippen molar-refractivity contribution in [1.29, 1.82) is 0 Å². The predicted molar refractivity (Wildman–Crippen MR) is 147 cm³/mol. The van der Waals surface area contributed by atoms with Crippen molar-refractivity contribution in [3.05, 3.63) is 93.8 Å². The molecule has 194 valence electrons. The smallest absolute Gasteiger partial charge is 0.163 e. The minimum absolute atomic E-state index is 0.00761. The van der Waals surface area contributed by atoms with Crippen LogP contribution in [0.1, 0.15) is 72.4 Å². The topological polar surface area (TPSA) is 79.4 Å². The number of hydrogen-bond donors (Lipinski definition) is 1. The number of ketones is 1. The molecule has 0 amide bonds. The number of ether oxygens (including phenoxy) is 2. The van der Waals surface area contributed by atoms with Crippen LogP contribution >= 0.6 is 0 Å². The van der Waals surface area contributed by atoms with Gasteiger partial charge in [-0.05, 0) is 55.9 Å². The molecule has 0 radical (unpaired) electrons. The minimum Gasteiger partial charge on any atom is -0.398 e. The van der Waals surface area contributed by atoms with Crippen LogP contribution in [-0.2, 0) is 35.5 Å². The molecule has 0 atom stereocenters. The molecule has 0 aliphatic heterocycles. The molecule has 6 nitrogen and oxygen atoms in total. The monoisotopic (exact) mass is 491 g/mol. The maximum absolute atomic E-state index is 11.6. The van der Waals surface area contributed by atoms with Crippen molar-refractivity contribution in [3.8, 4) is 0 Å². The highest BCUT2D eigenvalue weighted by atomic mass is 16.5. The maximum Gasteiger partial charge on any atom is 0.163 e. The van der Waals surface area contributed by atoms with Gasteiger partial charge in [-0.25, -0.2) is 0 Å².